The van der Waals surface area contributed by atoms with Crippen LogP contribution in [0.2, 0.25) is 5.02 Å². The molecular formula is C27H22ClN3O3. The summed E-state index contributed by atoms with van der Waals surface area (Å²) >= 11 is 6.49. The van der Waals surface area contributed by atoms with Crippen molar-refractivity contribution in [1.29, 1.82) is 0 Å². The molecule has 0 bridgehead atoms. The Morgan fingerprint density at radius 2 is 1.74 bits per heavy atom. The van der Waals surface area contributed by atoms with Gasteiger partial charge in [-0.2, -0.15) is 0 Å². The van der Waals surface area contributed by atoms with Crippen LogP contribution in [0.15, 0.2) is 85.1 Å². The molecule has 7 heteroatoms. The predicted octanol–water partition coefficient (Wildman–Crippen LogP) is 5.61. The molecule has 1 aromatic heterocycles. The van der Waals surface area contributed by atoms with Crippen LogP contribution in [-0.4, -0.2) is 23.5 Å². The van der Waals surface area contributed by atoms with Crippen molar-refractivity contribution in [2.24, 2.45) is 0 Å². The van der Waals surface area contributed by atoms with E-state index in [-0.39, 0.29) is 16.8 Å². The van der Waals surface area contributed by atoms with E-state index in [9.17, 15) is 9.59 Å². The summed E-state index contributed by atoms with van der Waals surface area (Å²) in [7, 11) is 1.51. The van der Waals surface area contributed by atoms with Crippen LogP contribution >= 0.6 is 11.6 Å². The number of para-hydroxylation sites is 2. The van der Waals surface area contributed by atoms with Gasteiger partial charge >= 0.3 is 0 Å². The summed E-state index contributed by atoms with van der Waals surface area (Å²) in [6, 6.07) is 23.8. The number of rotatable bonds is 4. The summed E-state index contributed by atoms with van der Waals surface area (Å²) in [5.41, 5.74) is 4.24. The topological polar surface area (TPSA) is 63.6 Å². The van der Waals surface area contributed by atoms with Crippen LogP contribution in [0, 0.1) is 0 Å². The molecule has 6 nitrogen and oxygen atoms in total. The van der Waals surface area contributed by atoms with Crippen molar-refractivity contribution in [2.45, 2.75) is 13.1 Å². The Balaban J connectivity index is 1.42. The second kappa shape index (κ2) is 9.08. The number of hydrogen-bond donors (Lipinski definition) is 1. The predicted molar refractivity (Wildman–Crippen MR) is 133 cm³/mol. The lowest BCUT2D eigenvalue weighted by molar-refractivity contribution is 0.0983. The fourth-order valence-electron chi connectivity index (χ4n) is 4.19. The molecule has 0 fully saturated rings. The minimum absolute atomic E-state index is 0.161. The van der Waals surface area contributed by atoms with Crippen LogP contribution in [0.1, 0.15) is 32.0 Å². The number of ether oxygens (including phenoxy) is 1. The number of nitrogens with one attached hydrogen (secondary N) is 1. The van der Waals surface area contributed by atoms with E-state index in [1.807, 2.05) is 42.6 Å². The maximum atomic E-state index is 13.6. The van der Waals surface area contributed by atoms with Crippen LogP contribution in [0.3, 0.4) is 0 Å². The van der Waals surface area contributed by atoms with Gasteiger partial charge in [-0.1, -0.05) is 41.9 Å². The fraction of sp³-hybridized carbons (Fsp3) is 0.111. The molecule has 0 radical (unpaired) electrons. The Kier molecular flexibility index (Phi) is 5.82. The molecule has 0 spiro atoms. The standard InChI is InChI=1S/C27H22ClN3O3/c1-34-25-11-5-3-9-21(25)26(32)29-23-13-12-18(15-22(23)28)27(33)31-17-20-8-6-14-30(20)16-19-7-2-4-10-24(19)31/h2-15H,16-17H2,1H3,(H,29,32). The highest BCUT2D eigenvalue weighted by Crippen LogP contribution is 2.31. The number of carbonyl (C=O) groups is 2. The number of carbonyl (C=O) groups excluding carboxylic acids is 2. The van der Waals surface area contributed by atoms with Crippen molar-refractivity contribution >= 4 is 34.8 Å². The van der Waals surface area contributed by atoms with Crippen molar-refractivity contribution in [3.05, 3.63) is 112 Å². The van der Waals surface area contributed by atoms with Gasteiger partial charge in [0.1, 0.15) is 5.75 Å². The third kappa shape index (κ3) is 4.04. The van der Waals surface area contributed by atoms with Crippen molar-refractivity contribution in [3.8, 4) is 5.75 Å². The van der Waals surface area contributed by atoms with Crippen LogP contribution < -0.4 is 15.0 Å². The van der Waals surface area contributed by atoms with E-state index in [1.54, 1.807) is 47.4 Å². The minimum atomic E-state index is -0.347. The van der Waals surface area contributed by atoms with Gasteiger partial charge in [0.15, 0.2) is 0 Å². The van der Waals surface area contributed by atoms with Crippen molar-refractivity contribution < 1.29 is 14.3 Å². The number of hydrogen-bond acceptors (Lipinski definition) is 3. The zero-order chi connectivity index (χ0) is 23.7. The van der Waals surface area contributed by atoms with Gasteiger partial charge in [-0.25, -0.2) is 0 Å². The first-order chi connectivity index (χ1) is 16.5. The first-order valence-corrected chi connectivity index (χ1v) is 11.2. The van der Waals surface area contributed by atoms with Gasteiger partial charge in [-0.3, -0.25) is 9.59 Å². The molecule has 170 valence electrons. The molecule has 0 saturated carbocycles. The van der Waals surface area contributed by atoms with E-state index in [2.05, 4.69) is 9.88 Å². The van der Waals surface area contributed by atoms with Gasteiger partial charge in [-0.05, 0) is 54.1 Å². The molecule has 1 aliphatic rings. The molecule has 4 aromatic rings. The first-order valence-electron chi connectivity index (χ1n) is 10.8. The Morgan fingerprint density at radius 3 is 2.56 bits per heavy atom. The van der Waals surface area contributed by atoms with Gasteiger partial charge in [0, 0.05) is 29.7 Å². The third-order valence-corrected chi connectivity index (χ3v) is 6.24. The molecule has 3 aromatic carbocycles. The van der Waals surface area contributed by atoms with Gasteiger partial charge in [0.2, 0.25) is 0 Å². The second-order valence-corrected chi connectivity index (χ2v) is 8.40. The maximum Gasteiger partial charge on any atom is 0.259 e. The molecule has 2 amide bonds. The summed E-state index contributed by atoms with van der Waals surface area (Å²) in [5, 5.41) is 3.08. The highest BCUT2D eigenvalue weighted by Gasteiger charge is 2.25. The van der Waals surface area contributed by atoms with Crippen LogP contribution in [0.5, 0.6) is 5.75 Å². The Bertz CT molecular complexity index is 1400. The number of nitrogens with zero attached hydrogens (tertiary/aromatic N) is 2. The van der Waals surface area contributed by atoms with E-state index in [4.69, 9.17) is 16.3 Å². The molecule has 0 saturated heterocycles. The van der Waals surface area contributed by atoms with E-state index < -0.39 is 0 Å². The van der Waals surface area contributed by atoms with E-state index in [0.717, 1.165) is 16.9 Å². The lowest BCUT2D eigenvalue weighted by Gasteiger charge is -2.23. The fourth-order valence-corrected chi connectivity index (χ4v) is 4.42. The number of fused-ring (bicyclic) bond motifs is 2. The lowest BCUT2D eigenvalue weighted by atomic mass is 10.1. The molecule has 1 N–H and O–H groups in total. The normalized spacial score (nSPS) is 12.4. The maximum absolute atomic E-state index is 13.6. The minimum Gasteiger partial charge on any atom is -0.496 e. The molecular weight excluding hydrogens is 450 g/mol. The quantitative estimate of drug-likeness (QED) is 0.420. The van der Waals surface area contributed by atoms with Crippen LogP contribution in [-0.2, 0) is 13.1 Å². The smallest absolute Gasteiger partial charge is 0.259 e. The summed E-state index contributed by atoms with van der Waals surface area (Å²) in [6.07, 6.45) is 2.02. The molecule has 0 atom stereocenters. The zero-order valence-electron chi connectivity index (χ0n) is 18.5. The largest absolute Gasteiger partial charge is 0.496 e. The highest BCUT2D eigenvalue weighted by atomic mass is 35.5. The molecule has 2 heterocycles. The van der Waals surface area contributed by atoms with Crippen LogP contribution in [0.4, 0.5) is 11.4 Å². The summed E-state index contributed by atoms with van der Waals surface area (Å²) < 4.78 is 7.41. The number of amides is 2. The number of aromatic nitrogens is 1. The molecule has 34 heavy (non-hydrogen) atoms. The van der Waals surface area contributed by atoms with Gasteiger partial charge in [0.05, 0.1) is 29.9 Å². The van der Waals surface area contributed by atoms with Gasteiger partial charge < -0.3 is 19.5 Å². The summed E-state index contributed by atoms with van der Waals surface area (Å²) in [5.74, 6) is -0.0419. The van der Waals surface area contributed by atoms with E-state index in [0.29, 0.717) is 35.7 Å². The molecule has 0 unspecified atom stereocenters. The number of anilines is 2. The lowest BCUT2D eigenvalue weighted by Crippen LogP contribution is -2.30. The SMILES string of the molecule is COc1ccccc1C(=O)Nc1ccc(C(=O)N2Cc3cccn3Cc3ccccc32)cc1Cl. The molecule has 1 aliphatic heterocycles. The Hall–Kier alpha value is -4.03. The average molecular weight is 472 g/mol. The van der Waals surface area contributed by atoms with Crippen molar-refractivity contribution in [3.63, 3.8) is 0 Å². The van der Waals surface area contributed by atoms with Crippen molar-refractivity contribution in [1.82, 2.24) is 4.57 Å². The van der Waals surface area contributed by atoms with Gasteiger partial charge in [0.25, 0.3) is 11.8 Å². The third-order valence-electron chi connectivity index (χ3n) is 5.93. The first kappa shape index (κ1) is 21.8. The number of benzene rings is 3. The second-order valence-electron chi connectivity index (χ2n) is 8.00. The Labute approximate surface area is 202 Å². The monoisotopic (exact) mass is 471 g/mol. The van der Waals surface area contributed by atoms with Crippen molar-refractivity contribution in [2.75, 3.05) is 17.3 Å². The number of methoxy groups -OCH3 is 1. The summed E-state index contributed by atoms with van der Waals surface area (Å²) in [4.78, 5) is 28.1. The zero-order valence-corrected chi connectivity index (χ0v) is 19.3. The highest BCUT2D eigenvalue weighted by molar-refractivity contribution is 6.34. The van der Waals surface area contributed by atoms with Crippen LogP contribution in [0.25, 0.3) is 0 Å². The number of halogens is 1. The molecule has 0 aliphatic carbocycles. The summed E-state index contributed by atoms with van der Waals surface area (Å²) in [6.45, 7) is 1.16. The Morgan fingerprint density at radius 1 is 0.941 bits per heavy atom. The average Bonchev–Trinajstić information content (AvgIpc) is 3.23. The van der Waals surface area contributed by atoms with Gasteiger partial charge in [-0.15, -0.1) is 0 Å². The molecule has 5 rings (SSSR count). The van der Waals surface area contributed by atoms with E-state index >= 15 is 0 Å². The van der Waals surface area contributed by atoms with E-state index in [1.165, 1.54) is 7.11 Å².